The van der Waals surface area contributed by atoms with Gasteiger partial charge in [-0.15, -0.1) is 0 Å². The van der Waals surface area contributed by atoms with Crippen LogP contribution in [0.1, 0.15) is 10.4 Å². The van der Waals surface area contributed by atoms with E-state index in [9.17, 15) is 9.18 Å². The van der Waals surface area contributed by atoms with E-state index in [1.807, 2.05) is 18.2 Å². The molecule has 20 heavy (non-hydrogen) atoms. The first-order chi connectivity index (χ1) is 9.76. The van der Waals surface area contributed by atoms with Crippen LogP contribution in [0.4, 0.5) is 4.39 Å². The molecule has 0 N–H and O–H groups in total. The Morgan fingerprint density at radius 3 is 2.80 bits per heavy atom. The first kappa shape index (κ1) is 12.3. The molecule has 0 aliphatic heterocycles. The van der Waals surface area contributed by atoms with Crippen molar-refractivity contribution in [2.24, 2.45) is 0 Å². The molecule has 0 amide bonds. The number of carbonyl (C=O) groups excluding carboxylic acids is 1. The summed E-state index contributed by atoms with van der Waals surface area (Å²) in [6.45, 7) is 0. The van der Waals surface area contributed by atoms with Gasteiger partial charge in [-0.3, -0.25) is 9.78 Å². The lowest BCUT2D eigenvalue weighted by atomic mass is 10.2. The Labute approximate surface area is 114 Å². The van der Waals surface area contributed by atoms with E-state index in [1.54, 1.807) is 18.3 Å². The number of halogens is 1. The Bertz CT molecular complexity index is 786. The Morgan fingerprint density at radius 1 is 1.10 bits per heavy atom. The lowest BCUT2D eigenvalue weighted by Gasteiger charge is -2.07. The zero-order valence-corrected chi connectivity index (χ0v) is 10.4. The van der Waals surface area contributed by atoms with Gasteiger partial charge in [0.1, 0.15) is 12.0 Å². The number of pyridine rings is 1. The van der Waals surface area contributed by atoms with Crippen molar-refractivity contribution >= 4 is 17.2 Å². The van der Waals surface area contributed by atoms with Crippen LogP contribution in [0.25, 0.3) is 10.9 Å². The Hall–Kier alpha value is -2.75. The number of aldehydes is 1. The summed E-state index contributed by atoms with van der Waals surface area (Å²) in [6, 6.07) is 13.2. The van der Waals surface area contributed by atoms with E-state index in [4.69, 9.17) is 4.74 Å². The van der Waals surface area contributed by atoms with Gasteiger partial charge < -0.3 is 4.74 Å². The van der Waals surface area contributed by atoms with E-state index < -0.39 is 5.82 Å². The summed E-state index contributed by atoms with van der Waals surface area (Å²) in [4.78, 5) is 14.8. The molecule has 0 bridgehead atoms. The molecule has 4 heteroatoms. The normalized spacial score (nSPS) is 10.4. The monoisotopic (exact) mass is 267 g/mol. The van der Waals surface area contributed by atoms with Crippen molar-refractivity contribution in [1.82, 2.24) is 4.98 Å². The van der Waals surface area contributed by atoms with E-state index in [0.717, 1.165) is 17.0 Å². The smallest absolute Gasteiger partial charge is 0.166 e. The molecule has 0 fully saturated rings. The molecule has 1 aromatic heterocycles. The van der Waals surface area contributed by atoms with Crippen LogP contribution in [0.15, 0.2) is 54.7 Å². The third-order valence-electron chi connectivity index (χ3n) is 2.90. The van der Waals surface area contributed by atoms with E-state index in [0.29, 0.717) is 12.0 Å². The van der Waals surface area contributed by atoms with Gasteiger partial charge >= 0.3 is 0 Å². The van der Waals surface area contributed by atoms with E-state index in [-0.39, 0.29) is 11.3 Å². The zero-order chi connectivity index (χ0) is 13.9. The van der Waals surface area contributed by atoms with Crippen LogP contribution in [0, 0.1) is 5.82 Å². The van der Waals surface area contributed by atoms with Gasteiger partial charge in [0.2, 0.25) is 0 Å². The summed E-state index contributed by atoms with van der Waals surface area (Å²) >= 11 is 0. The molecule has 3 aromatic rings. The van der Waals surface area contributed by atoms with Gasteiger partial charge in [-0.2, -0.15) is 0 Å². The number of aromatic nitrogens is 1. The molecule has 3 nitrogen and oxygen atoms in total. The van der Waals surface area contributed by atoms with Gasteiger partial charge in [0.25, 0.3) is 0 Å². The van der Waals surface area contributed by atoms with Gasteiger partial charge in [-0.05, 0) is 36.4 Å². The number of rotatable bonds is 3. The van der Waals surface area contributed by atoms with Crippen molar-refractivity contribution in [3.8, 4) is 11.5 Å². The second kappa shape index (κ2) is 5.09. The van der Waals surface area contributed by atoms with Crippen molar-refractivity contribution in [2.45, 2.75) is 0 Å². The number of hydrogen-bond donors (Lipinski definition) is 0. The second-order valence-corrected chi connectivity index (χ2v) is 4.27. The van der Waals surface area contributed by atoms with E-state index >= 15 is 0 Å². The Kier molecular flexibility index (Phi) is 3.13. The Morgan fingerprint density at radius 2 is 2.00 bits per heavy atom. The van der Waals surface area contributed by atoms with Crippen molar-refractivity contribution in [3.63, 3.8) is 0 Å². The van der Waals surface area contributed by atoms with Crippen molar-refractivity contribution in [2.75, 3.05) is 0 Å². The third-order valence-corrected chi connectivity index (χ3v) is 2.90. The predicted octanol–water partition coefficient (Wildman–Crippen LogP) is 3.98. The zero-order valence-electron chi connectivity index (χ0n) is 10.4. The van der Waals surface area contributed by atoms with Gasteiger partial charge in [-0.25, -0.2) is 4.39 Å². The maximum Gasteiger partial charge on any atom is 0.166 e. The maximum absolute atomic E-state index is 13.7. The molecule has 98 valence electrons. The van der Waals surface area contributed by atoms with Crippen molar-refractivity contribution < 1.29 is 13.9 Å². The fraction of sp³-hybridized carbons (Fsp3) is 0. The minimum Gasteiger partial charge on any atom is -0.454 e. The fourth-order valence-corrected chi connectivity index (χ4v) is 1.91. The largest absolute Gasteiger partial charge is 0.454 e. The topological polar surface area (TPSA) is 39.2 Å². The summed E-state index contributed by atoms with van der Waals surface area (Å²) in [6.07, 6.45) is 2.28. The molecule has 3 rings (SSSR count). The fourth-order valence-electron chi connectivity index (χ4n) is 1.91. The molecule has 2 aromatic carbocycles. The van der Waals surface area contributed by atoms with Crippen LogP contribution in [0.3, 0.4) is 0 Å². The van der Waals surface area contributed by atoms with Crippen LogP contribution in [0.2, 0.25) is 0 Å². The van der Waals surface area contributed by atoms with Gasteiger partial charge in [0, 0.05) is 23.2 Å². The van der Waals surface area contributed by atoms with Crippen LogP contribution < -0.4 is 4.74 Å². The molecular weight excluding hydrogens is 257 g/mol. The second-order valence-electron chi connectivity index (χ2n) is 4.27. The maximum atomic E-state index is 13.7. The number of benzene rings is 2. The minimum atomic E-state index is -0.573. The molecule has 0 radical (unpaired) electrons. The van der Waals surface area contributed by atoms with Crippen LogP contribution in [-0.2, 0) is 0 Å². The summed E-state index contributed by atoms with van der Waals surface area (Å²) < 4.78 is 19.2. The third kappa shape index (κ3) is 2.36. The van der Waals surface area contributed by atoms with Crippen LogP contribution in [0.5, 0.6) is 11.5 Å². The first-order valence-electron chi connectivity index (χ1n) is 6.03. The minimum absolute atomic E-state index is 0.0749. The number of ether oxygens (including phenoxy) is 1. The summed E-state index contributed by atoms with van der Waals surface area (Å²) in [5.74, 6) is -0.00412. The first-order valence-corrected chi connectivity index (χ1v) is 6.03. The molecule has 0 aliphatic rings. The number of fused-ring (bicyclic) bond motifs is 1. The highest BCUT2D eigenvalue weighted by molar-refractivity contribution is 5.79. The molecule has 0 saturated heterocycles. The molecule has 0 saturated carbocycles. The summed E-state index contributed by atoms with van der Waals surface area (Å²) in [5.41, 5.74) is 1.05. The standard InChI is InChI=1S/C16H10FNO2/c17-14-8-11(10-19)3-6-16(14)20-13-5-4-12-2-1-7-18-15(12)9-13/h1-10H. The lowest BCUT2D eigenvalue weighted by molar-refractivity contribution is 0.112. The van der Waals surface area contributed by atoms with Gasteiger partial charge in [0.15, 0.2) is 11.6 Å². The van der Waals surface area contributed by atoms with Crippen LogP contribution >= 0.6 is 0 Å². The molecule has 0 atom stereocenters. The summed E-state index contributed by atoms with van der Waals surface area (Å²) in [7, 11) is 0. The highest BCUT2D eigenvalue weighted by Crippen LogP contribution is 2.27. The van der Waals surface area contributed by atoms with E-state index in [2.05, 4.69) is 4.98 Å². The van der Waals surface area contributed by atoms with Crippen LogP contribution in [-0.4, -0.2) is 11.3 Å². The van der Waals surface area contributed by atoms with Gasteiger partial charge in [0.05, 0.1) is 5.52 Å². The molecule has 0 spiro atoms. The molecule has 1 heterocycles. The van der Waals surface area contributed by atoms with Gasteiger partial charge in [-0.1, -0.05) is 6.07 Å². The average Bonchev–Trinajstić information content (AvgIpc) is 2.49. The number of carbonyl (C=O) groups is 1. The quantitative estimate of drug-likeness (QED) is 0.674. The summed E-state index contributed by atoms with van der Waals surface area (Å²) in [5, 5.41) is 0.983. The van der Waals surface area contributed by atoms with Crippen molar-refractivity contribution in [1.29, 1.82) is 0 Å². The highest BCUT2D eigenvalue weighted by Gasteiger charge is 2.06. The SMILES string of the molecule is O=Cc1ccc(Oc2ccc3cccnc3c2)c(F)c1. The number of nitrogens with zero attached hydrogens (tertiary/aromatic N) is 1. The van der Waals surface area contributed by atoms with E-state index in [1.165, 1.54) is 12.1 Å². The molecule has 0 unspecified atom stereocenters. The average molecular weight is 267 g/mol. The molecule has 0 aliphatic carbocycles. The number of hydrogen-bond acceptors (Lipinski definition) is 3. The lowest BCUT2D eigenvalue weighted by Crippen LogP contribution is -1.91. The predicted molar refractivity (Wildman–Crippen MR) is 73.6 cm³/mol. The highest BCUT2D eigenvalue weighted by atomic mass is 19.1. The van der Waals surface area contributed by atoms with Crippen molar-refractivity contribution in [3.05, 3.63) is 66.1 Å². The Balaban J connectivity index is 1.94. The molecular formula is C16H10FNO2.